The minimum absolute atomic E-state index is 0.0254. The highest BCUT2D eigenvalue weighted by molar-refractivity contribution is 7.89. The summed E-state index contributed by atoms with van der Waals surface area (Å²) in [6, 6.07) is 8.73. The molecule has 1 amide bonds. The minimum atomic E-state index is -3.64. The van der Waals surface area contributed by atoms with E-state index in [1.165, 1.54) is 4.31 Å². The third kappa shape index (κ3) is 2.51. The van der Waals surface area contributed by atoms with Crippen molar-refractivity contribution >= 4 is 21.6 Å². The number of anilines is 1. The molecule has 3 aliphatic rings. The fourth-order valence-electron chi connectivity index (χ4n) is 3.88. The molecule has 0 fully saturated rings. The van der Waals surface area contributed by atoms with Crippen LogP contribution >= 0.6 is 0 Å². The van der Waals surface area contributed by atoms with Gasteiger partial charge in [-0.1, -0.05) is 0 Å². The van der Waals surface area contributed by atoms with Gasteiger partial charge in [0.25, 0.3) is 0 Å². The molecule has 2 aromatic rings. The standard InChI is InChI=1S/C19H18N2O5S/c1-20-16-3-2-15(6-13(16)9-19(20)22)27(23,24)21-5-4-12-7-17-18(26-11-25-17)8-14(12)10-21/h2-3,6-8H,4-5,9-11H2,1H3. The van der Waals surface area contributed by atoms with E-state index >= 15 is 0 Å². The maximum Gasteiger partial charge on any atom is 0.243 e. The predicted molar refractivity (Wildman–Crippen MR) is 97.4 cm³/mol. The van der Waals surface area contributed by atoms with E-state index in [4.69, 9.17) is 9.47 Å². The van der Waals surface area contributed by atoms with Crippen LogP contribution in [0.25, 0.3) is 0 Å². The summed E-state index contributed by atoms with van der Waals surface area (Å²) in [5.41, 5.74) is 3.55. The van der Waals surface area contributed by atoms with Gasteiger partial charge in [-0.2, -0.15) is 4.31 Å². The number of benzene rings is 2. The second-order valence-corrected chi connectivity index (χ2v) is 8.92. The van der Waals surface area contributed by atoms with E-state index in [1.54, 1.807) is 30.1 Å². The highest BCUT2D eigenvalue weighted by Crippen LogP contribution is 2.38. The first-order valence-electron chi connectivity index (χ1n) is 8.74. The van der Waals surface area contributed by atoms with Crippen molar-refractivity contribution in [1.82, 2.24) is 4.31 Å². The molecule has 27 heavy (non-hydrogen) atoms. The molecule has 0 radical (unpaired) electrons. The third-order valence-electron chi connectivity index (χ3n) is 5.44. The van der Waals surface area contributed by atoms with E-state index < -0.39 is 10.0 Å². The maximum atomic E-state index is 13.2. The lowest BCUT2D eigenvalue weighted by Gasteiger charge is -2.28. The van der Waals surface area contributed by atoms with Gasteiger partial charge >= 0.3 is 0 Å². The topological polar surface area (TPSA) is 76.2 Å². The summed E-state index contributed by atoms with van der Waals surface area (Å²) in [5.74, 6) is 1.35. The molecule has 0 aliphatic carbocycles. The van der Waals surface area contributed by atoms with Crippen LogP contribution in [0.1, 0.15) is 16.7 Å². The van der Waals surface area contributed by atoms with Gasteiger partial charge in [-0.25, -0.2) is 8.42 Å². The average Bonchev–Trinajstić information content (AvgIpc) is 3.22. The lowest BCUT2D eigenvalue weighted by atomic mass is 10.0. The van der Waals surface area contributed by atoms with E-state index in [1.807, 2.05) is 12.1 Å². The molecule has 3 heterocycles. The fourth-order valence-corrected chi connectivity index (χ4v) is 5.35. The van der Waals surface area contributed by atoms with Crippen LogP contribution in [0.4, 0.5) is 5.69 Å². The Hall–Kier alpha value is -2.58. The molecule has 0 unspecified atom stereocenters. The normalized spacial score (nSPS) is 18.6. The van der Waals surface area contributed by atoms with Gasteiger partial charge in [0.15, 0.2) is 11.5 Å². The Morgan fingerprint density at radius 1 is 1.00 bits per heavy atom. The molecule has 0 bridgehead atoms. The van der Waals surface area contributed by atoms with Gasteiger partial charge in [0.05, 0.1) is 11.3 Å². The fraction of sp³-hybridized carbons (Fsp3) is 0.316. The Labute approximate surface area is 157 Å². The Bertz CT molecular complexity index is 1080. The number of hydrogen-bond acceptors (Lipinski definition) is 5. The Morgan fingerprint density at radius 3 is 2.52 bits per heavy atom. The van der Waals surface area contributed by atoms with Crippen LogP contribution in [0.2, 0.25) is 0 Å². The zero-order valence-electron chi connectivity index (χ0n) is 14.8. The van der Waals surface area contributed by atoms with Crippen LogP contribution in [0.5, 0.6) is 11.5 Å². The number of fused-ring (bicyclic) bond motifs is 3. The largest absolute Gasteiger partial charge is 0.454 e. The quantitative estimate of drug-likeness (QED) is 0.785. The Morgan fingerprint density at radius 2 is 1.74 bits per heavy atom. The lowest BCUT2D eigenvalue weighted by molar-refractivity contribution is -0.117. The summed E-state index contributed by atoms with van der Waals surface area (Å²) in [6.07, 6.45) is 0.860. The Balaban J connectivity index is 1.47. The molecular formula is C19H18N2O5S. The SMILES string of the molecule is CN1C(=O)Cc2cc(S(=O)(=O)N3CCc4cc5c(cc4C3)OCO5)ccc21. The molecule has 0 aromatic heterocycles. The van der Waals surface area contributed by atoms with Crippen molar-refractivity contribution in [2.24, 2.45) is 0 Å². The van der Waals surface area contributed by atoms with Gasteiger partial charge in [0, 0.05) is 25.8 Å². The first kappa shape index (κ1) is 16.6. The number of nitrogens with zero attached hydrogens (tertiary/aromatic N) is 2. The average molecular weight is 386 g/mol. The number of rotatable bonds is 2. The van der Waals surface area contributed by atoms with Crippen LogP contribution in [-0.4, -0.2) is 39.0 Å². The van der Waals surface area contributed by atoms with Crippen molar-refractivity contribution < 1.29 is 22.7 Å². The second kappa shape index (κ2) is 5.71. The minimum Gasteiger partial charge on any atom is -0.454 e. The summed E-state index contributed by atoms with van der Waals surface area (Å²) in [7, 11) is -1.94. The van der Waals surface area contributed by atoms with Crippen molar-refractivity contribution in [2.45, 2.75) is 24.3 Å². The van der Waals surface area contributed by atoms with Gasteiger partial charge < -0.3 is 14.4 Å². The zero-order chi connectivity index (χ0) is 18.8. The van der Waals surface area contributed by atoms with E-state index in [0.717, 1.165) is 28.1 Å². The molecule has 2 aromatic carbocycles. The van der Waals surface area contributed by atoms with E-state index in [0.29, 0.717) is 25.3 Å². The van der Waals surface area contributed by atoms with Crippen molar-refractivity contribution in [2.75, 3.05) is 25.3 Å². The molecule has 8 heteroatoms. The van der Waals surface area contributed by atoms with Crippen molar-refractivity contribution in [3.63, 3.8) is 0 Å². The molecule has 0 atom stereocenters. The lowest BCUT2D eigenvalue weighted by Crippen LogP contribution is -2.36. The molecule has 0 saturated carbocycles. The number of carbonyl (C=O) groups excluding carboxylic acids is 1. The Kier molecular flexibility index (Phi) is 3.50. The number of sulfonamides is 1. The molecule has 5 rings (SSSR count). The molecule has 0 N–H and O–H groups in total. The first-order chi connectivity index (χ1) is 12.9. The number of likely N-dealkylation sites (N-methyl/N-ethyl adjacent to an activating group) is 1. The smallest absolute Gasteiger partial charge is 0.243 e. The van der Waals surface area contributed by atoms with Crippen LogP contribution < -0.4 is 14.4 Å². The van der Waals surface area contributed by atoms with E-state index in [2.05, 4.69) is 0 Å². The van der Waals surface area contributed by atoms with Gasteiger partial charge in [-0.05, 0) is 53.4 Å². The highest BCUT2D eigenvalue weighted by atomic mass is 32.2. The van der Waals surface area contributed by atoms with Crippen LogP contribution in [0, 0.1) is 0 Å². The third-order valence-corrected chi connectivity index (χ3v) is 7.28. The second-order valence-electron chi connectivity index (χ2n) is 6.98. The van der Waals surface area contributed by atoms with Crippen molar-refractivity contribution in [3.05, 3.63) is 47.0 Å². The highest BCUT2D eigenvalue weighted by Gasteiger charge is 2.32. The van der Waals surface area contributed by atoms with Crippen molar-refractivity contribution in [1.29, 1.82) is 0 Å². The molecular weight excluding hydrogens is 368 g/mol. The van der Waals surface area contributed by atoms with Crippen LogP contribution in [0.3, 0.4) is 0 Å². The number of carbonyl (C=O) groups is 1. The molecule has 0 saturated heterocycles. The molecule has 7 nitrogen and oxygen atoms in total. The summed E-state index contributed by atoms with van der Waals surface area (Å²) in [5, 5.41) is 0. The zero-order valence-corrected chi connectivity index (χ0v) is 15.6. The molecule has 0 spiro atoms. The van der Waals surface area contributed by atoms with Gasteiger partial charge in [-0.15, -0.1) is 0 Å². The van der Waals surface area contributed by atoms with Gasteiger partial charge in [-0.3, -0.25) is 4.79 Å². The summed E-state index contributed by atoms with van der Waals surface area (Å²) < 4.78 is 38.6. The summed E-state index contributed by atoms with van der Waals surface area (Å²) >= 11 is 0. The number of amides is 1. The van der Waals surface area contributed by atoms with Crippen molar-refractivity contribution in [3.8, 4) is 11.5 Å². The van der Waals surface area contributed by atoms with Crippen LogP contribution in [-0.2, 0) is 34.2 Å². The monoisotopic (exact) mass is 386 g/mol. The molecule has 140 valence electrons. The summed E-state index contributed by atoms with van der Waals surface area (Å²) in [4.78, 5) is 13.7. The van der Waals surface area contributed by atoms with Gasteiger partial charge in [0.2, 0.25) is 22.7 Å². The van der Waals surface area contributed by atoms with E-state index in [-0.39, 0.29) is 24.0 Å². The van der Waals surface area contributed by atoms with E-state index in [9.17, 15) is 13.2 Å². The van der Waals surface area contributed by atoms with Gasteiger partial charge in [0.1, 0.15) is 0 Å². The summed E-state index contributed by atoms with van der Waals surface area (Å²) in [6.45, 7) is 0.900. The maximum absolute atomic E-state index is 13.2. The number of hydrogen-bond donors (Lipinski definition) is 0. The predicted octanol–water partition coefficient (Wildman–Crippen LogP) is 1.68. The first-order valence-corrected chi connectivity index (χ1v) is 10.2. The van der Waals surface area contributed by atoms with Crippen LogP contribution in [0.15, 0.2) is 35.2 Å². The number of ether oxygens (including phenoxy) is 2. The molecule has 3 aliphatic heterocycles.